The molecule has 1 aliphatic carbocycles. The molecule has 0 amide bonds. The van der Waals surface area contributed by atoms with Crippen molar-refractivity contribution in [1.82, 2.24) is 0 Å². The summed E-state index contributed by atoms with van der Waals surface area (Å²) in [5, 5.41) is 1.60. The zero-order chi connectivity index (χ0) is 13.5. The Morgan fingerprint density at radius 3 is 2.32 bits per heavy atom. The van der Waals surface area contributed by atoms with E-state index >= 15 is 0 Å². The van der Waals surface area contributed by atoms with Gasteiger partial charge in [-0.3, -0.25) is 0 Å². The fraction of sp³-hybridized carbons (Fsp3) is 0.176. The molecule has 0 saturated carbocycles. The molecule has 5 heteroatoms. The second-order valence-electron chi connectivity index (χ2n) is 5.43. The Morgan fingerprint density at radius 2 is 1.59 bits per heavy atom. The van der Waals surface area contributed by atoms with Crippen LogP contribution in [0, 0.1) is 13.8 Å². The second kappa shape index (κ2) is 8.73. The summed E-state index contributed by atoms with van der Waals surface area (Å²) < 4.78 is 0.273. The first kappa shape index (κ1) is 22.0. The van der Waals surface area contributed by atoms with Gasteiger partial charge in [-0.1, -0.05) is 0 Å². The van der Waals surface area contributed by atoms with Gasteiger partial charge in [-0.25, -0.2) is 0 Å². The van der Waals surface area contributed by atoms with Crippen molar-refractivity contribution in [1.29, 1.82) is 0 Å². The first-order valence-electron chi connectivity index (χ1n) is 6.69. The minimum atomic E-state index is -0.377. The average molecular weight is 404 g/mol. The number of hydrogen-bond acceptors (Lipinski definition) is 0. The van der Waals surface area contributed by atoms with E-state index in [2.05, 4.69) is 88.9 Å². The van der Waals surface area contributed by atoms with Gasteiger partial charge in [0.1, 0.15) is 0 Å². The van der Waals surface area contributed by atoms with Gasteiger partial charge < -0.3 is 37.2 Å². The summed E-state index contributed by atoms with van der Waals surface area (Å²) >= 11 is 2.41. The third kappa shape index (κ3) is 4.08. The Bertz CT molecular complexity index is 673. The number of hydrogen-bond donors (Lipinski definition) is 0. The smallest absolute Gasteiger partial charge is 1.00 e. The molecule has 114 valence electrons. The molecule has 0 nitrogen and oxygen atoms in total. The van der Waals surface area contributed by atoms with Crippen molar-refractivity contribution in [2.75, 3.05) is 0 Å². The number of halogens is 3. The zero-order valence-electron chi connectivity index (χ0n) is 12.5. The van der Waals surface area contributed by atoms with Crippen LogP contribution in [0.15, 0.2) is 48.5 Å². The number of benzene rings is 2. The van der Waals surface area contributed by atoms with Crippen LogP contribution in [0.25, 0.3) is 6.08 Å². The molecular weight excluding hydrogens is 386 g/mol. The molecule has 3 rings (SSSR count). The van der Waals surface area contributed by atoms with Crippen LogP contribution >= 0.6 is 0 Å². The molecule has 0 N–H and O–H groups in total. The molecule has 2 aromatic carbocycles. The number of fused-ring (bicyclic) bond motifs is 1. The van der Waals surface area contributed by atoms with Crippen LogP contribution in [0.1, 0.15) is 22.3 Å². The topological polar surface area (TPSA) is 0 Å². The van der Waals surface area contributed by atoms with Crippen LogP contribution in [-0.2, 0) is 23.8 Å². The average Bonchev–Trinajstić information content (AvgIpc) is 2.74. The molecule has 0 heterocycles. The van der Waals surface area contributed by atoms with Gasteiger partial charge >= 0.3 is 129 Å². The van der Waals surface area contributed by atoms with E-state index in [4.69, 9.17) is 0 Å². The number of aryl methyl sites for hydroxylation is 1. The van der Waals surface area contributed by atoms with Crippen LogP contribution < -0.4 is 42.4 Å². The third-order valence-corrected chi connectivity index (χ3v) is 8.01. The molecule has 0 aromatic heterocycles. The quantitative estimate of drug-likeness (QED) is 0.438. The van der Waals surface area contributed by atoms with Gasteiger partial charge in [0.05, 0.1) is 0 Å². The molecule has 0 saturated heterocycles. The minimum Gasteiger partial charge on any atom is -1.00 e. The van der Waals surface area contributed by atoms with Crippen LogP contribution in [0.5, 0.6) is 0 Å². The molecular formula is C17H17Cl3SiTi. The van der Waals surface area contributed by atoms with Gasteiger partial charge in [-0.05, 0) is 0 Å². The molecule has 0 fully saturated rings. The summed E-state index contributed by atoms with van der Waals surface area (Å²) in [6.45, 7) is 4.49. The summed E-state index contributed by atoms with van der Waals surface area (Å²) in [4.78, 5) is 0. The van der Waals surface area contributed by atoms with E-state index in [-0.39, 0.29) is 50.1 Å². The maximum Gasteiger partial charge on any atom is -1.00 e. The van der Waals surface area contributed by atoms with Gasteiger partial charge in [0.25, 0.3) is 0 Å². The zero-order valence-corrected chi connectivity index (χ0v) is 17.8. The fourth-order valence-electron chi connectivity index (χ4n) is 2.83. The molecule has 22 heavy (non-hydrogen) atoms. The van der Waals surface area contributed by atoms with Gasteiger partial charge in [0.2, 0.25) is 0 Å². The number of rotatable bonds is 2. The predicted molar refractivity (Wildman–Crippen MR) is 81.2 cm³/mol. The van der Waals surface area contributed by atoms with Gasteiger partial charge in [0, 0.05) is 0 Å². The van der Waals surface area contributed by atoms with Gasteiger partial charge in [-0.15, -0.1) is 0 Å². The Balaban J connectivity index is 0.00000147. The Labute approximate surface area is 165 Å². The Hall–Kier alpha value is -0.0188. The predicted octanol–water partition coefficient (Wildman–Crippen LogP) is -6.46. The van der Waals surface area contributed by atoms with E-state index in [1.165, 1.54) is 22.3 Å². The molecule has 0 bridgehead atoms. The summed E-state index contributed by atoms with van der Waals surface area (Å²) in [7, 11) is -0.377. The molecule has 0 radical (unpaired) electrons. The fourth-order valence-corrected chi connectivity index (χ4v) is 6.35. The van der Waals surface area contributed by atoms with Crippen molar-refractivity contribution >= 4 is 20.8 Å². The molecule has 0 spiro atoms. The van der Waals surface area contributed by atoms with E-state index in [9.17, 15) is 0 Å². The van der Waals surface area contributed by atoms with Crippen molar-refractivity contribution in [3.05, 3.63) is 70.8 Å². The van der Waals surface area contributed by atoms with Crippen molar-refractivity contribution in [3.63, 3.8) is 0 Å². The third-order valence-electron chi connectivity index (χ3n) is 4.17. The van der Waals surface area contributed by atoms with Crippen LogP contribution in [0.3, 0.4) is 0 Å². The van der Waals surface area contributed by atoms with Crippen molar-refractivity contribution in [2.45, 2.75) is 17.2 Å². The number of allylic oxidation sites excluding steroid dienone is 1. The first-order chi connectivity index (χ1) is 9.10. The standard InChI is InChI=1S/C17H17Si.3ClH.Ti/c1-12-6-5-9-16(13(12)2)18-17-11-10-14-7-3-4-8-15(14)17;;;;/h3-11H,18H2,1-2H3;3*1H;/q;;;;+3/p-3. The van der Waals surface area contributed by atoms with Crippen LogP contribution in [-0.4, -0.2) is 9.52 Å². The van der Waals surface area contributed by atoms with Crippen LogP contribution in [0.2, 0.25) is 0 Å². The monoisotopic (exact) mass is 402 g/mol. The normalized spacial score (nSPS) is 18.4. The van der Waals surface area contributed by atoms with E-state index < -0.39 is 0 Å². The maximum atomic E-state index is 2.42. The van der Waals surface area contributed by atoms with E-state index in [0.717, 1.165) is 0 Å². The Kier molecular flexibility index (Phi) is 8.72. The molecule has 1 aliphatic rings. The van der Waals surface area contributed by atoms with Gasteiger partial charge in [0.15, 0.2) is 0 Å². The summed E-state index contributed by atoms with van der Waals surface area (Å²) in [5.74, 6) is 0. The first-order valence-corrected chi connectivity index (χ1v) is 8.88. The van der Waals surface area contributed by atoms with Crippen molar-refractivity contribution in [3.8, 4) is 0 Å². The molecule has 1 atom stereocenters. The summed E-state index contributed by atoms with van der Waals surface area (Å²) in [5.41, 5.74) is 5.84. The minimum absolute atomic E-state index is 0. The van der Waals surface area contributed by atoms with Crippen molar-refractivity contribution < 1.29 is 57.7 Å². The SMILES string of the molecule is Cc1cccc([SiH2][C]2([Ti+3])C=Cc3ccccc32)c1C.[Cl-].[Cl-].[Cl-]. The van der Waals surface area contributed by atoms with Crippen LogP contribution in [0.4, 0.5) is 0 Å². The van der Waals surface area contributed by atoms with E-state index in [0.29, 0.717) is 0 Å². The molecule has 1 unspecified atom stereocenters. The summed E-state index contributed by atoms with van der Waals surface area (Å²) in [6, 6.07) is 15.6. The largest absolute Gasteiger partial charge is 1.00 e. The maximum absolute atomic E-state index is 2.42. The Morgan fingerprint density at radius 1 is 0.909 bits per heavy atom. The van der Waals surface area contributed by atoms with Crippen molar-refractivity contribution in [2.24, 2.45) is 0 Å². The van der Waals surface area contributed by atoms with Gasteiger partial charge in [-0.2, -0.15) is 0 Å². The molecule has 0 aliphatic heterocycles. The molecule has 2 aromatic rings. The second-order valence-corrected chi connectivity index (χ2v) is 10.2. The van der Waals surface area contributed by atoms with E-state index in [1.54, 1.807) is 5.19 Å². The summed E-state index contributed by atoms with van der Waals surface area (Å²) in [6.07, 6.45) is 4.72. The van der Waals surface area contributed by atoms with E-state index in [1.807, 2.05) is 0 Å².